The molecule has 0 fully saturated rings. The molecule has 4 aromatic rings. The van der Waals surface area contributed by atoms with E-state index in [4.69, 9.17) is 0 Å². The second-order valence-electron chi connectivity index (χ2n) is 5.37. The van der Waals surface area contributed by atoms with Crippen LogP contribution in [0.3, 0.4) is 0 Å². The molecule has 6 nitrogen and oxygen atoms in total. The number of fused-ring (bicyclic) bond motifs is 1. The molecule has 4 rings (SSSR count). The minimum Gasteiger partial charge on any atom is -0.343 e. The number of carbonyl (C=O) groups is 1. The van der Waals surface area contributed by atoms with Gasteiger partial charge in [-0.15, -0.1) is 0 Å². The molecular weight excluding hydrogens is 302 g/mol. The first kappa shape index (κ1) is 14.2. The number of carbonyl (C=O) groups excluding carboxylic acids is 1. The van der Waals surface area contributed by atoms with E-state index in [9.17, 15) is 4.79 Å². The lowest BCUT2D eigenvalue weighted by Crippen LogP contribution is -2.24. The summed E-state index contributed by atoms with van der Waals surface area (Å²) in [6, 6.07) is 15.2. The van der Waals surface area contributed by atoms with Crippen LogP contribution in [-0.2, 0) is 6.54 Å². The summed E-state index contributed by atoms with van der Waals surface area (Å²) in [6.45, 7) is 0.322. The maximum absolute atomic E-state index is 12.3. The van der Waals surface area contributed by atoms with Crippen LogP contribution in [0.25, 0.3) is 16.7 Å². The molecule has 2 N–H and O–H groups in total. The Morgan fingerprint density at radius 2 is 1.96 bits per heavy atom. The fraction of sp³-hybridized carbons (Fsp3) is 0.0556. The van der Waals surface area contributed by atoms with Gasteiger partial charge in [-0.05, 0) is 36.4 Å². The molecule has 0 radical (unpaired) electrons. The molecule has 118 valence electrons. The van der Waals surface area contributed by atoms with Crippen LogP contribution in [0.4, 0.5) is 0 Å². The van der Waals surface area contributed by atoms with Crippen molar-refractivity contribution < 1.29 is 4.79 Å². The first-order valence-electron chi connectivity index (χ1n) is 7.61. The van der Waals surface area contributed by atoms with Gasteiger partial charge < -0.3 is 14.9 Å². The number of nitrogens with one attached hydrogen (secondary N) is 2. The third-order valence-electron chi connectivity index (χ3n) is 3.73. The van der Waals surface area contributed by atoms with Gasteiger partial charge in [0.15, 0.2) is 0 Å². The average molecular weight is 317 g/mol. The molecule has 1 amide bonds. The lowest BCUT2D eigenvalue weighted by atomic mass is 10.3. The Hall–Kier alpha value is -3.41. The second-order valence-corrected chi connectivity index (χ2v) is 5.37. The quantitative estimate of drug-likeness (QED) is 0.607. The van der Waals surface area contributed by atoms with E-state index in [-0.39, 0.29) is 5.91 Å². The number of para-hydroxylation sites is 2. The van der Waals surface area contributed by atoms with Gasteiger partial charge in [0.1, 0.15) is 11.5 Å². The van der Waals surface area contributed by atoms with Crippen molar-refractivity contribution in [2.75, 3.05) is 0 Å². The van der Waals surface area contributed by atoms with Crippen LogP contribution in [0.15, 0.2) is 67.1 Å². The van der Waals surface area contributed by atoms with Crippen molar-refractivity contribution in [2.24, 2.45) is 0 Å². The van der Waals surface area contributed by atoms with E-state index in [0.29, 0.717) is 18.1 Å². The molecule has 6 heteroatoms. The number of nitrogens with zero attached hydrogens (tertiary/aromatic N) is 3. The summed E-state index contributed by atoms with van der Waals surface area (Å²) in [7, 11) is 0. The zero-order chi connectivity index (χ0) is 16.4. The summed E-state index contributed by atoms with van der Waals surface area (Å²) in [4.78, 5) is 24.1. The van der Waals surface area contributed by atoms with Crippen molar-refractivity contribution in [1.82, 2.24) is 24.8 Å². The van der Waals surface area contributed by atoms with Crippen molar-refractivity contribution in [1.29, 1.82) is 0 Å². The molecule has 3 aromatic heterocycles. The molecule has 3 heterocycles. The molecule has 0 saturated carbocycles. The Kier molecular flexibility index (Phi) is 3.55. The highest BCUT2D eigenvalue weighted by molar-refractivity contribution is 5.92. The SMILES string of the molecule is O=C(NCc1nc2ccccc2[nH]1)c1cc(-n2cccc2)ccn1. The average Bonchev–Trinajstić information content (AvgIpc) is 3.29. The predicted octanol–water partition coefficient (Wildman–Crippen LogP) is 2.68. The summed E-state index contributed by atoms with van der Waals surface area (Å²) in [6.07, 6.45) is 5.47. The standard InChI is InChI=1S/C18H15N5O/c24-18(16-11-13(7-8-19-16)23-9-3-4-10-23)20-12-17-21-14-5-1-2-6-15(14)22-17/h1-11H,12H2,(H,20,24)(H,21,22). The van der Waals surface area contributed by atoms with Crippen LogP contribution in [0, 0.1) is 0 Å². The summed E-state index contributed by atoms with van der Waals surface area (Å²) in [5, 5.41) is 2.84. The van der Waals surface area contributed by atoms with Crippen LogP contribution in [-0.4, -0.2) is 25.4 Å². The van der Waals surface area contributed by atoms with Crippen LogP contribution in [0.5, 0.6) is 0 Å². The number of hydrogen-bond acceptors (Lipinski definition) is 3. The minimum absolute atomic E-state index is 0.232. The van der Waals surface area contributed by atoms with Gasteiger partial charge in [0.05, 0.1) is 17.6 Å². The number of H-pyrrole nitrogens is 1. The summed E-state index contributed by atoms with van der Waals surface area (Å²) in [5.41, 5.74) is 3.10. The highest BCUT2D eigenvalue weighted by atomic mass is 16.1. The Morgan fingerprint density at radius 1 is 1.12 bits per heavy atom. The van der Waals surface area contributed by atoms with Crippen molar-refractivity contribution in [3.8, 4) is 5.69 Å². The fourth-order valence-corrected chi connectivity index (χ4v) is 2.55. The molecule has 0 atom stereocenters. The molecule has 24 heavy (non-hydrogen) atoms. The molecule has 0 aliphatic heterocycles. The number of rotatable bonds is 4. The summed E-state index contributed by atoms with van der Waals surface area (Å²) in [5.74, 6) is 0.482. The number of pyridine rings is 1. The number of aromatic nitrogens is 4. The number of benzene rings is 1. The minimum atomic E-state index is -0.232. The zero-order valence-electron chi connectivity index (χ0n) is 12.8. The molecule has 0 saturated heterocycles. The molecule has 0 spiro atoms. The highest BCUT2D eigenvalue weighted by Crippen LogP contribution is 2.11. The van der Waals surface area contributed by atoms with Gasteiger partial charge in [-0.2, -0.15) is 0 Å². The number of aromatic amines is 1. The summed E-state index contributed by atoms with van der Waals surface area (Å²) >= 11 is 0. The Labute approximate surface area is 138 Å². The van der Waals surface area contributed by atoms with Gasteiger partial charge in [0.2, 0.25) is 0 Å². The first-order chi connectivity index (χ1) is 11.8. The molecule has 0 bridgehead atoms. The van der Waals surface area contributed by atoms with Gasteiger partial charge in [0, 0.05) is 24.3 Å². The van der Waals surface area contributed by atoms with Crippen LogP contribution >= 0.6 is 0 Å². The van der Waals surface area contributed by atoms with E-state index in [1.807, 2.05) is 59.4 Å². The molecular formula is C18H15N5O. The van der Waals surface area contributed by atoms with E-state index in [0.717, 1.165) is 16.7 Å². The lowest BCUT2D eigenvalue weighted by Gasteiger charge is -2.06. The van der Waals surface area contributed by atoms with E-state index in [1.54, 1.807) is 12.3 Å². The zero-order valence-corrected chi connectivity index (χ0v) is 12.8. The van der Waals surface area contributed by atoms with Crippen LogP contribution < -0.4 is 5.32 Å². The Bertz CT molecular complexity index is 955. The van der Waals surface area contributed by atoms with Crippen molar-refractivity contribution in [3.05, 3.63) is 78.6 Å². The van der Waals surface area contributed by atoms with Crippen molar-refractivity contribution in [2.45, 2.75) is 6.54 Å². The van der Waals surface area contributed by atoms with Gasteiger partial charge in [-0.3, -0.25) is 9.78 Å². The van der Waals surface area contributed by atoms with E-state index in [1.165, 1.54) is 0 Å². The van der Waals surface area contributed by atoms with Crippen LogP contribution in [0.2, 0.25) is 0 Å². The Morgan fingerprint density at radius 3 is 2.79 bits per heavy atom. The second kappa shape index (κ2) is 6.00. The van der Waals surface area contributed by atoms with Crippen LogP contribution in [0.1, 0.15) is 16.3 Å². The molecule has 0 aliphatic rings. The third kappa shape index (κ3) is 2.77. The smallest absolute Gasteiger partial charge is 0.270 e. The van der Waals surface area contributed by atoms with Crippen molar-refractivity contribution in [3.63, 3.8) is 0 Å². The van der Waals surface area contributed by atoms with Gasteiger partial charge >= 0.3 is 0 Å². The normalized spacial score (nSPS) is 10.8. The van der Waals surface area contributed by atoms with Gasteiger partial charge in [0.25, 0.3) is 5.91 Å². The lowest BCUT2D eigenvalue weighted by molar-refractivity contribution is 0.0945. The topological polar surface area (TPSA) is 75.6 Å². The highest BCUT2D eigenvalue weighted by Gasteiger charge is 2.10. The number of hydrogen-bond donors (Lipinski definition) is 2. The maximum atomic E-state index is 12.3. The van der Waals surface area contributed by atoms with Crippen molar-refractivity contribution >= 4 is 16.9 Å². The van der Waals surface area contributed by atoms with E-state index < -0.39 is 0 Å². The molecule has 0 aliphatic carbocycles. The predicted molar refractivity (Wildman–Crippen MR) is 90.8 cm³/mol. The Balaban J connectivity index is 1.49. The number of amides is 1. The summed E-state index contributed by atoms with van der Waals surface area (Å²) < 4.78 is 1.93. The van der Waals surface area contributed by atoms with Gasteiger partial charge in [-0.25, -0.2) is 4.98 Å². The molecule has 1 aromatic carbocycles. The number of imidazole rings is 1. The monoisotopic (exact) mass is 317 g/mol. The fourth-order valence-electron chi connectivity index (χ4n) is 2.55. The van der Waals surface area contributed by atoms with Gasteiger partial charge in [-0.1, -0.05) is 12.1 Å². The maximum Gasteiger partial charge on any atom is 0.270 e. The van der Waals surface area contributed by atoms with E-state index in [2.05, 4.69) is 20.3 Å². The van der Waals surface area contributed by atoms with E-state index >= 15 is 0 Å². The molecule has 0 unspecified atom stereocenters. The third-order valence-corrected chi connectivity index (χ3v) is 3.73. The largest absolute Gasteiger partial charge is 0.343 e. The first-order valence-corrected chi connectivity index (χ1v) is 7.61.